The predicted octanol–water partition coefficient (Wildman–Crippen LogP) is 3.13. The largest absolute Gasteiger partial charge is 0.342 e. The Balaban J connectivity index is 0.00000169. The van der Waals surface area contributed by atoms with E-state index in [4.69, 9.17) is 5.73 Å². The van der Waals surface area contributed by atoms with Crippen molar-refractivity contribution < 1.29 is 9.18 Å². The lowest BCUT2D eigenvalue weighted by atomic mass is 9.99. The van der Waals surface area contributed by atoms with E-state index in [2.05, 4.69) is 10.3 Å². The molecule has 3 N–H and O–H groups in total. The molecule has 0 saturated heterocycles. The van der Waals surface area contributed by atoms with Crippen LogP contribution >= 0.6 is 24.8 Å². The summed E-state index contributed by atoms with van der Waals surface area (Å²) in [7, 11) is 1.83. The first kappa shape index (κ1) is 22.4. The van der Waals surface area contributed by atoms with Gasteiger partial charge in [0.15, 0.2) is 0 Å². The van der Waals surface area contributed by atoms with E-state index in [1.165, 1.54) is 6.07 Å². The maximum atomic E-state index is 14.3. The minimum absolute atomic E-state index is 0. The highest BCUT2D eigenvalue weighted by atomic mass is 35.5. The quantitative estimate of drug-likeness (QED) is 0.806. The van der Waals surface area contributed by atoms with E-state index >= 15 is 0 Å². The highest BCUT2D eigenvalue weighted by molar-refractivity contribution is 5.85. The van der Waals surface area contributed by atoms with Crippen LogP contribution < -0.4 is 11.1 Å². The van der Waals surface area contributed by atoms with Gasteiger partial charge in [-0.25, -0.2) is 9.37 Å². The lowest BCUT2D eigenvalue weighted by Gasteiger charge is -2.21. The molecule has 144 valence electrons. The van der Waals surface area contributed by atoms with Gasteiger partial charge in [0, 0.05) is 37.5 Å². The van der Waals surface area contributed by atoms with Crippen LogP contribution in [0.1, 0.15) is 43.1 Å². The SMILES string of the molecule is Cl.Cl.Cn1ccnc1C(NC(=O)C[C@@H]1CCC[C@H]1N)c1ccccc1F. The normalized spacial score (nSPS) is 20.0. The van der Waals surface area contributed by atoms with E-state index in [1.807, 2.05) is 7.05 Å². The molecule has 1 unspecified atom stereocenters. The number of imidazole rings is 1. The van der Waals surface area contributed by atoms with E-state index in [1.54, 1.807) is 35.2 Å². The molecule has 5 nitrogen and oxygen atoms in total. The van der Waals surface area contributed by atoms with Crippen LogP contribution in [0.25, 0.3) is 0 Å². The first-order chi connectivity index (χ1) is 11.6. The van der Waals surface area contributed by atoms with Gasteiger partial charge in [-0.1, -0.05) is 24.6 Å². The van der Waals surface area contributed by atoms with Gasteiger partial charge in [-0.05, 0) is 24.8 Å². The smallest absolute Gasteiger partial charge is 0.221 e. The van der Waals surface area contributed by atoms with Gasteiger partial charge in [0.25, 0.3) is 0 Å². The third kappa shape index (κ3) is 4.96. The maximum Gasteiger partial charge on any atom is 0.221 e. The van der Waals surface area contributed by atoms with Crippen LogP contribution in [0.3, 0.4) is 0 Å². The molecule has 26 heavy (non-hydrogen) atoms. The van der Waals surface area contributed by atoms with Gasteiger partial charge in [0.05, 0.1) is 0 Å². The van der Waals surface area contributed by atoms with Crippen molar-refractivity contribution in [1.82, 2.24) is 14.9 Å². The second kappa shape index (κ2) is 9.90. The summed E-state index contributed by atoms with van der Waals surface area (Å²) in [6, 6.07) is 5.92. The topological polar surface area (TPSA) is 72.9 Å². The number of rotatable bonds is 5. The average molecular weight is 403 g/mol. The maximum absolute atomic E-state index is 14.3. The Bertz CT molecular complexity index is 725. The zero-order chi connectivity index (χ0) is 17.1. The Morgan fingerprint density at radius 3 is 2.69 bits per heavy atom. The van der Waals surface area contributed by atoms with E-state index in [-0.39, 0.29) is 48.5 Å². The van der Waals surface area contributed by atoms with Gasteiger partial charge < -0.3 is 15.6 Å². The molecule has 1 aromatic heterocycles. The summed E-state index contributed by atoms with van der Waals surface area (Å²) >= 11 is 0. The number of nitrogens with two attached hydrogens (primary N) is 1. The standard InChI is InChI=1S/C18H23FN4O.2ClH/c1-23-10-9-21-18(23)17(13-6-2-3-7-14(13)19)22-16(24)11-12-5-4-8-15(12)20;;/h2-3,6-7,9-10,12,15,17H,4-5,8,11,20H2,1H3,(H,22,24);2*1H/t12-,15+,17?;;/m0../s1. The number of benzene rings is 1. The molecular weight excluding hydrogens is 378 g/mol. The van der Waals surface area contributed by atoms with Crippen molar-refractivity contribution in [3.05, 3.63) is 53.9 Å². The fourth-order valence-corrected chi connectivity index (χ4v) is 3.42. The fraction of sp³-hybridized carbons (Fsp3) is 0.444. The van der Waals surface area contributed by atoms with Crippen LogP contribution in [-0.2, 0) is 11.8 Å². The number of nitrogens with zero attached hydrogens (tertiary/aromatic N) is 2. The van der Waals surface area contributed by atoms with E-state index in [0.29, 0.717) is 17.8 Å². The van der Waals surface area contributed by atoms with Crippen molar-refractivity contribution in [3.8, 4) is 0 Å². The van der Waals surface area contributed by atoms with Gasteiger partial charge >= 0.3 is 0 Å². The van der Waals surface area contributed by atoms with Crippen molar-refractivity contribution in [2.24, 2.45) is 18.7 Å². The summed E-state index contributed by atoms with van der Waals surface area (Å²) in [5, 5.41) is 2.95. The Morgan fingerprint density at radius 1 is 1.38 bits per heavy atom. The molecule has 1 amide bonds. The number of carbonyl (C=O) groups excluding carboxylic acids is 1. The van der Waals surface area contributed by atoms with E-state index in [0.717, 1.165) is 19.3 Å². The molecular formula is C18H25Cl2FN4O. The van der Waals surface area contributed by atoms with Crippen LogP contribution in [0.15, 0.2) is 36.7 Å². The van der Waals surface area contributed by atoms with E-state index < -0.39 is 6.04 Å². The third-order valence-corrected chi connectivity index (χ3v) is 4.80. The van der Waals surface area contributed by atoms with Crippen molar-refractivity contribution in [2.75, 3.05) is 0 Å². The summed E-state index contributed by atoms with van der Waals surface area (Å²) in [6.45, 7) is 0. The zero-order valence-electron chi connectivity index (χ0n) is 14.6. The first-order valence-corrected chi connectivity index (χ1v) is 8.33. The minimum atomic E-state index is -0.615. The van der Waals surface area contributed by atoms with Gasteiger partial charge in [-0.2, -0.15) is 0 Å². The van der Waals surface area contributed by atoms with Crippen LogP contribution in [-0.4, -0.2) is 21.5 Å². The molecule has 3 rings (SSSR count). The molecule has 1 heterocycles. The molecule has 1 aliphatic rings. The Labute approximate surface area is 165 Å². The van der Waals surface area contributed by atoms with Gasteiger partial charge in [0.2, 0.25) is 5.91 Å². The minimum Gasteiger partial charge on any atom is -0.342 e. The number of carbonyl (C=O) groups is 1. The highest BCUT2D eigenvalue weighted by Crippen LogP contribution is 2.28. The van der Waals surface area contributed by atoms with Crippen molar-refractivity contribution in [3.63, 3.8) is 0 Å². The molecule has 0 aliphatic heterocycles. The molecule has 0 radical (unpaired) electrons. The summed E-state index contributed by atoms with van der Waals surface area (Å²) in [5.74, 6) is 0.328. The number of halogens is 3. The lowest BCUT2D eigenvalue weighted by Crippen LogP contribution is -2.35. The summed E-state index contributed by atoms with van der Waals surface area (Å²) < 4.78 is 16.1. The second-order valence-electron chi connectivity index (χ2n) is 6.48. The van der Waals surface area contributed by atoms with Crippen molar-refractivity contribution in [1.29, 1.82) is 0 Å². The monoisotopic (exact) mass is 402 g/mol. The Morgan fingerprint density at radius 2 is 2.12 bits per heavy atom. The van der Waals surface area contributed by atoms with Gasteiger partial charge in [-0.3, -0.25) is 4.79 Å². The van der Waals surface area contributed by atoms with E-state index in [9.17, 15) is 9.18 Å². The molecule has 1 aromatic carbocycles. The summed E-state index contributed by atoms with van der Waals surface area (Å²) in [4.78, 5) is 16.8. The summed E-state index contributed by atoms with van der Waals surface area (Å²) in [6.07, 6.45) is 6.80. The van der Waals surface area contributed by atoms with Crippen molar-refractivity contribution in [2.45, 2.75) is 37.8 Å². The van der Waals surface area contributed by atoms with Crippen molar-refractivity contribution >= 4 is 30.7 Å². The first-order valence-electron chi connectivity index (χ1n) is 8.33. The van der Waals surface area contributed by atoms with Gasteiger partial charge in [0.1, 0.15) is 17.7 Å². The number of aryl methyl sites for hydroxylation is 1. The third-order valence-electron chi connectivity index (χ3n) is 4.80. The number of hydrogen-bond donors (Lipinski definition) is 2. The molecule has 2 aromatic rings. The zero-order valence-corrected chi connectivity index (χ0v) is 16.2. The lowest BCUT2D eigenvalue weighted by molar-refractivity contribution is -0.122. The van der Waals surface area contributed by atoms with Crippen LogP contribution in [0.4, 0.5) is 4.39 Å². The molecule has 1 aliphatic carbocycles. The number of amides is 1. The van der Waals surface area contributed by atoms with Gasteiger partial charge in [-0.15, -0.1) is 24.8 Å². The number of hydrogen-bond acceptors (Lipinski definition) is 3. The second-order valence-corrected chi connectivity index (χ2v) is 6.48. The number of nitrogens with one attached hydrogen (secondary N) is 1. The van der Waals surface area contributed by atoms with Crippen LogP contribution in [0.2, 0.25) is 0 Å². The Kier molecular flexibility index (Phi) is 8.53. The van der Waals surface area contributed by atoms with Crippen LogP contribution in [0.5, 0.6) is 0 Å². The summed E-state index contributed by atoms with van der Waals surface area (Å²) in [5.41, 5.74) is 6.47. The van der Waals surface area contributed by atoms with Crippen LogP contribution in [0, 0.1) is 11.7 Å². The fourth-order valence-electron chi connectivity index (χ4n) is 3.42. The average Bonchev–Trinajstić information content (AvgIpc) is 3.15. The number of aromatic nitrogens is 2. The molecule has 8 heteroatoms. The highest BCUT2D eigenvalue weighted by Gasteiger charge is 2.29. The molecule has 0 bridgehead atoms. The molecule has 3 atom stereocenters. The molecule has 0 spiro atoms. The Hall–Kier alpha value is -1.63. The molecule has 1 saturated carbocycles. The molecule has 1 fully saturated rings. The predicted molar refractivity (Wildman–Crippen MR) is 104 cm³/mol.